The summed E-state index contributed by atoms with van der Waals surface area (Å²) in [6.45, 7) is 1.75. The van der Waals surface area contributed by atoms with Gasteiger partial charge in [0.1, 0.15) is 0 Å². The van der Waals surface area contributed by atoms with Crippen molar-refractivity contribution in [1.82, 2.24) is 10.3 Å². The predicted octanol–water partition coefficient (Wildman–Crippen LogP) is 3.03. The summed E-state index contributed by atoms with van der Waals surface area (Å²) in [4.78, 5) is 3.91. The van der Waals surface area contributed by atoms with Crippen molar-refractivity contribution in [3.05, 3.63) is 36.0 Å². The van der Waals surface area contributed by atoms with Crippen LogP contribution in [-0.4, -0.2) is 24.1 Å². The van der Waals surface area contributed by atoms with Gasteiger partial charge in [0.05, 0.1) is 11.1 Å². The number of hydrogen-bond acceptors (Lipinski definition) is 3. The van der Waals surface area contributed by atoms with Gasteiger partial charge in [0, 0.05) is 29.9 Å². The number of para-hydroxylation sites is 1. The lowest BCUT2D eigenvalue weighted by Crippen LogP contribution is -2.22. The Balaban J connectivity index is 2.05. The molecule has 2 N–H and O–H groups in total. The lowest BCUT2D eigenvalue weighted by molar-refractivity contribution is -0.136. The number of fused-ring (bicyclic) bond motifs is 1. The van der Waals surface area contributed by atoms with Gasteiger partial charge < -0.3 is 10.6 Å². The number of rotatable bonds is 2. The number of nitrogens with one attached hydrogen (secondary N) is 2. The summed E-state index contributed by atoms with van der Waals surface area (Å²) in [5, 5.41) is 7.02. The number of alkyl halides is 3. The van der Waals surface area contributed by atoms with E-state index in [9.17, 15) is 13.2 Å². The molecule has 0 unspecified atom stereocenters. The second-order valence-electron chi connectivity index (χ2n) is 4.89. The zero-order valence-electron chi connectivity index (χ0n) is 10.7. The molecule has 1 aliphatic heterocycles. The molecule has 0 spiro atoms. The van der Waals surface area contributed by atoms with Crippen molar-refractivity contribution >= 4 is 16.6 Å². The van der Waals surface area contributed by atoms with Crippen LogP contribution in [0, 0.1) is 0 Å². The van der Waals surface area contributed by atoms with Crippen LogP contribution in [0.15, 0.2) is 30.5 Å². The second kappa shape index (κ2) is 4.94. The molecule has 1 aliphatic rings. The van der Waals surface area contributed by atoms with E-state index < -0.39 is 11.7 Å². The van der Waals surface area contributed by atoms with Gasteiger partial charge in [-0.2, -0.15) is 13.2 Å². The number of nitrogens with zero attached hydrogens (tertiary/aromatic N) is 1. The lowest BCUT2D eigenvalue weighted by Gasteiger charge is -2.16. The molecule has 2 heterocycles. The van der Waals surface area contributed by atoms with E-state index in [2.05, 4.69) is 15.6 Å². The minimum atomic E-state index is -4.39. The van der Waals surface area contributed by atoms with Crippen molar-refractivity contribution in [2.24, 2.45) is 0 Å². The molecular formula is C14H14F3N3. The Morgan fingerprint density at radius 2 is 2.10 bits per heavy atom. The molecule has 1 aromatic carbocycles. The molecule has 3 rings (SSSR count). The third-order valence-corrected chi connectivity index (χ3v) is 3.50. The van der Waals surface area contributed by atoms with Crippen molar-refractivity contribution in [3.8, 4) is 0 Å². The molecule has 3 nitrogen and oxygen atoms in total. The van der Waals surface area contributed by atoms with Crippen LogP contribution in [0.5, 0.6) is 0 Å². The number of pyridine rings is 1. The van der Waals surface area contributed by atoms with Crippen molar-refractivity contribution < 1.29 is 13.2 Å². The summed E-state index contributed by atoms with van der Waals surface area (Å²) in [6, 6.07) is 6.12. The maximum absolute atomic E-state index is 13.0. The number of anilines is 1. The highest BCUT2D eigenvalue weighted by molar-refractivity contribution is 5.93. The van der Waals surface area contributed by atoms with Crippen LogP contribution in [0.2, 0.25) is 0 Å². The van der Waals surface area contributed by atoms with Gasteiger partial charge in [-0.3, -0.25) is 4.98 Å². The Morgan fingerprint density at radius 1 is 1.25 bits per heavy atom. The largest absolute Gasteiger partial charge is 0.418 e. The highest BCUT2D eigenvalue weighted by Gasteiger charge is 2.33. The number of halogens is 3. The Morgan fingerprint density at radius 3 is 2.80 bits per heavy atom. The molecule has 1 atom stereocenters. The third-order valence-electron chi connectivity index (χ3n) is 3.50. The van der Waals surface area contributed by atoms with E-state index in [-0.39, 0.29) is 11.6 Å². The molecular weight excluding hydrogens is 267 g/mol. The van der Waals surface area contributed by atoms with Crippen LogP contribution in [0.25, 0.3) is 10.9 Å². The maximum atomic E-state index is 13.0. The maximum Gasteiger partial charge on any atom is 0.418 e. The van der Waals surface area contributed by atoms with Crippen molar-refractivity contribution in [3.63, 3.8) is 0 Å². The van der Waals surface area contributed by atoms with E-state index in [4.69, 9.17) is 0 Å². The Labute approximate surface area is 114 Å². The predicted molar refractivity (Wildman–Crippen MR) is 71.6 cm³/mol. The van der Waals surface area contributed by atoms with Gasteiger partial charge in [-0.05, 0) is 25.1 Å². The third kappa shape index (κ3) is 2.43. The molecule has 2 aromatic rings. The first-order chi connectivity index (χ1) is 9.55. The molecule has 1 fully saturated rings. The average molecular weight is 281 g/mol. The molecule has 0 saturated carbocycles. The smallest absolute Gasteiger partial charge is 0.380 e. The summed E-state index contributed by atoms with van der Waals surface area (Å²) < 4.78 is 39.0. The van der Waals surface area contributed by atoms with E-state index in [1.54, 1.807) is 12.1 Å². The van der Waals surface area contributed by atoms with Gasteiger partial charge in [-0.15, -0.1) is 0 Å². The first-order valence-corrected chi connectivity index (χ1v) is 6.48. The van der Waals surface area contributed by atoms with Gasteiger partial charge in [-0.1, -0.05) is 12.1 Å². The number of aromatic nitrogens is 1. The van der Waals surface area contributed by atoms with Crippen LogP contribution < -0.4 is 10.6 Å². The van der Waals surface area contributed by atoms with Gasteiger partial charge in [0.2, 0.25) is 0 Å². The quantitative estimate of drug-likeness (QED) is 0.888. The zero-order valence-corrected chi connectivity index (χ0v) is 10.7. The SMILES string of the molecule is FC(F)(F)c1cccc2c(N[C@@H]3CCNC3)ccnc12. The molecule has 1 saturated heterocycles. The summed E-state index contributed by atoms with van der Waals surface area (Å²) in [6.07, 6.45) is -2.01. The monoisotopic (exact) mass is 281 g/mol. The van der Waals surface area contributed by atoms with Gasteiger partial charge in [0.25, 0.3) is 0 Å². The summed E-state index contributed by atoms with van der Waals surface area (Å²) in [5.41, 5.74) is 0.00829. The van der Waals surface area contributed by atoms with Gasteiger partial charge >= 0.3 is 6.18 Å². The van der Waals surface area contributed by atoms with Crippen LogP contribution in [0.1, 0.15) is 12.0 Å². The summed E-state index contributed by atoms with van der Waals surface area (Å²) in [7, 11) is 0. The highest BCUT2D eigenvalue weighted by atomic mass is 19.4. The normalized spacial score (nSPS) is 19.4. The fourth-order valence-corrected chi connectivity index (χ4v) is 2.53. The summed E-state index contributed by atoms with van der Waals surface area (Å²) in [5.74, 6) is 0. The van der Waals surface area contributed by atoms with Crippen molar-refractivity contribution in [1.29, 1.82) is 0 Å². The standard InChI is InChI=1S/C14H14F3N3/c15-14(16,17)11-3-1-2-10-12(5-7-19-13(10)11)20-9-4-6-18-8-9/h1-3,5,7,9,18H,4,6,8H2,(H,19,20)/t9-/m1/s1. The first kappa shape index (κ1) is 13.2. The topological polar surface area (TPSA) is 37.0 Å². The lowest BCUT2D eigenvalue weighted by atomic mass is 10.1. The second-order valence-corrected chi connectivity index (χ2v) is 4.89. The fraction of sp³-hybridized carbons (Fsp3) is 0.357. The molecule has 6 heteroatoms. The first-order valence-electron chi connectivity index (χ1n) is 6.48. The van der Waals surface area contributed by atoms with Gasteiger partial charge in [0.15, 0.2) is 0 Å². The van der Waals surface area contributed by atoms with E-state index in [1.807, 2.05) is 0 Å². The highest BCUT2D eigenvalue weighted by Crippen LogP contribution is 2.35. The number of hydrogen-bond donors (Lipinski definition) is 2. The van der Waals surface area contributed by atoms with Crippen LogP contribution >= 0.6 is 0 Å². The zero-order chi connectivity index (χ0) is 14.2. The van der Waals surface area contributed by atoms with Crippen LogP contribution in [0.4, 0.5) is 18.9 Å². The molecule has 0 amide bonds. The van der Waals surface area contributed by atoms with Crippen molar-refractivity contribution in [2.75, 3.05) is 18.4 Å². The molecule has 1 aromatic heterocycles. The molecule has 0 bridgehead atoms. The van der Waals surface area contributed by atoms with E-state index in [0.29, 0.717) is 11.1 Å². The van der Waals surface area contributed by atoms with E-state index in [1.165, 1.54) is 12.3 Å². The van der Waals surface area contributed by atoms with Gasteiger partial charge in [-0.25, -0.2) is 0 Å². The fourth-order valence-electron chi connectivity index (χ4n) is 2.53. The minimum absolute atomic E-state index is 0.00374. The minimum Gasteiger partial charge on any atom is -0.380 e. The van der Waals surface area contributed by atoms with E-state index in [0.717, 1.165) is 25.6 Å². The Kier molecular flexibility index (Phi) is 3.25. The number of benzene rings is 1. The molecule has 106 valence electrons. The summed E-state index contributed by atoms with van der Waals surface area (Å²) >= 11 is 0. The van der Waals surface area contributed by atoms with Crippen LogP contribution in [-0.2, 0) is 6.18 Å². The van der Waals surface area contributed by atoms with Crippen molar-refractivity contribution in [2.45, 2.75) is 18.6 Å². The average Bonchev–Trinajstić information content (AvgIpc) is 2.90. The Hall–Kier alpha value is -1.82. The Bertz CT molecular complexity index is 619. The van der Waals surface area contributed by atoms with E-state index >= 15 is 0 Å². The molecule has 20 heavy (non-hydrogen) atoms. The van der Waals surface area contributed by atoms with Crippen LogP contribution in [0.3, 0.4) is 0 Å². The molecule has 0 aliphatic carbocycles. The molecule has 0 radical (unpaired) electrons.